The van der Waals surface area contributed by atoms with Gasteiger partial charge in [0.25, 0.3) is 0 Å². The summed E-state index contributed by atoms with van der Waals surface area (Å²) < 4.78 is 0. The van der Waals surface area contributed by atoms with Crippen molar-refractivity contribution in [1.82, 2.24) is 0 Å². The first-order valence-electron chi connectivity index (χ1n) is 7.73. The van der Waals surface area contributed by atoms with Crippen LogP contribution in [0.4, 0.5) is 0 Å². The molecule has 4 rings (SSSR count). The van der Waals surface area contributed by atoms with Crippen molar-refractivity contribution >= 4 is 29.3 Å². The summed E-state index contributed by atoms with van der Waals surface area (Å²) in [4.78, 5) is 0. The minimum Gasteiger partial charge on any atom is -0.546 e. The number of allylic oxidation sites excluding steroid dienone is 1. The maximum atomic E-state index is 6.34. The van der Waals surface area contributed by atoms with E-state index in [1.54, 1.807) is 10.9 Å². The van der Waals surface area contributed by atoms with Gasteiger partial charge in [0.1, 0.15) is 0 Å². The van der Waals surface area contributed by atoms with Gasteiger partial charge in [-0.15, -0.1) is 0 Å². The van der Waals surface area contributed by atoms with Crippen LogP contribution in [0.3, 0.4) is 0 Å². The van der Waals surface area contributed by atoms with Crippen molar-refractivity contribution < 1.29 is 0 Å². The van der Waals surface area contributed by atoms with E-state index < -0.39 is 6.46 Å². The Bertz CT molecular complexity index is 677. The first-order chi connectivity index (χ1) is 10.3. The molecule has 1 saturated carbocycles. The molecule has 2 aliphatic rings. The van der Waals surface area contributed by atoms with Crippen molar-refractivity contribution in [1.29, 1.82) is 0 Å². The third kappa shape index (κ3) is 2.18. The molecule has 0 bridgehead atoms. The summed E-state index contributed by atoms with van der Waals surface area (Å²) in [5, 5.41) is 2.95. The summed E-state index contributed by atoms with van der Waals surface area (Å²) in [6.45, 7) is -1.62. The second-order valence-corrected chi connectivity index (χ2v) is 10.8. The first-order valence-corrected chi connectivity index (χ1v) is 10.7. The van der Waals surface area contributed by atoms with Crippen molar-refractivity contribution in [3.63, 3.8) is 0 Å². The molecule has 0 radical (unpaired) electrons. The zero-order valence-electron chi connectivity index (χ0n) is 12.0. The Kier molecular flexibility index (Phi) is 3.44. The summed E-state index contributed by atoms with van der Waals surface area (Å²) in [5.41, 5.74) is 3.07. The summed E-state index contributed by atoms with van der Waals surface area (Å²) in [6.07, 6.45) is 5.17. The van der Waals surface area contributed by atoms with Crippen LogP contribution < -0.4 is 5.30 Å². The molecule has 2 aromatic rings. The second kappa shape index (κ2) is 5.30. The zero-order chi connectivity index (χ0) is 14.3. The molecule has 1 fully saturated rings. The van der Waals surface area contributed by atoms with Gasteiger partial charge in [-0.2, -0.15) is 0 Å². The summed E-state index contributed by atoms with van der Waals surface area (Å²) in [6, 6.07) is 21.8. The molecular formula is C19H19PS. The van der Waals surface area contributed by atoms with Gasteiger partial charge in [-0.3, -0.25) is 0 Å². The van der Waals surface area contributed by atoms with E-state index in [0.29, 0.717) is 0 Å². The predicted octanol–water partition coefficient (Wildman–Crippen LogP) is 5.02. The SMILES string of the molecule is [S-][P+]1(c2ccccc2)CC2CCCC2=C1c1ccccc1. The Balaban J connectivity index is 1.91. The molecule has 0 aromatic heterocycles. The third-order valence-electron chi connectivity index (χ3n) is 4.85. The molecule has 0 N–H and O–H groups in total. The summed E-state index contributed by atoms with van der Waals surface area (Å²) >= 11 is 6.34. The summed E-state index contributed by atoms with van der Waals surface area (Å²) in [5.74, 6) is 0.756. The molecule has 21 heavy (non-hydrogen) atoms. The van der Waals surface area contributed by atoms with Crippen LogP contribution in [0.2, 0.25) is 0 Å². The Hall–Kier alpha value is -1.04. The Morgan fingerprint density at radius 1 is 0.905 bits per heavy atom. The smallest absolute Gasteiger partial charge is 0.0846 e. The van der Waals surface area contributed by atoms with Gasteiger partial charge in [-0.25, -0.2) is 0 Å². The second-order valence-electron chi connectivity index (χ2n) is 6.09. The van der Waals surface area contributed by atoms with Crippen molar-refractivity contribution in [3.05, 3.63) is 71.8 Å². The average Bonchev–Trinajstić information content (AvgIpc) is 3.07. The topological polar surface area (TPSA) is 0 Å². The van der Waals surface area contributed by atoms with Gasteiger partial charge in [0.05, 0.1) is 16.8 Å². The summed E-state index contributed by atoms with van der Waals surface area (Å²) in [7, 11) is 0. The minimum atomic E-state index is -1.62. The molecule has 1 aliphatic carbocycles. The molecular weight excluding hydrogens is 291 g/mol. The molecule has 0 nitrogen and oxygen atoms in total. The van der Waals surface area contributed by atoms with Crippen molar-refractivity contribution in [2.45, 2.75) is 19.3 Å². The molecule has 2 heteroatoms. The highest BCUT2D eigenvalue weighted by molar-refractivity contribution is 8.49. The lowest BCUT2D eigenvalue weighted by atomic mass is 10.0. The number of hydrogen-bond donors (Lipinski definition) is 0. The normalized spacial score (nSPS) is 28.0. The number of benzene rings is 2. The maximum absolute atomic E-state index is 6.34. The maximum Gasteiger partial charge on any atom is 0.0846 e. The van der Waals surface area contributed by atoms with E-state index in [1.165, 1.54) is 36.3 Å². The molecule has 2 aromatic carbocycles. The highest BCUT2D eigenvalue weighted by Crippen LogP contribution is 2.75. The van der Waals surface area contributed by atoms with Crippen LogP contribution in [-0.4, -0.2) is 6.16 Å². The number of rotatable bonds is 2. The van der Waals surface area contributed by atoms with Crippen molar-refractivity contribution in [2.24, 2.45) is 5.92 Å². The largest absolute Gasteiger partial charge is 0.546 e. The van der Waals surface area contributed by atoms with E-state index in [9.17, 15) is 0 Å². The lowest BCUT2D eigenvalue weighted by molar-refractivity contribution is 0.711. The van der Waals surface area contributed by atoms with E-state index in [-0.39, 0.29) is 0 Å². The van der Waals surface area contributed by atoms with E-state index >= 15 is 0 Å². The van der Waals surface area contributed by atoms with Crippen LogP contribution >= 0.6 is 6.46 Å². The fourth-order valence-corrected chi connectivity index (χ4v) is 9.18. The van der Waals surface area contributed by atoms with E-state index in [4.69, 9.17) is 12.2 Å². The van der Waals surface area contributed by atoms with Gasteiger partial charge in [-0.1, -0.05) is 48.5 Å². The molecule has 2 unspecified atom stereocenters. The molecule has 2 atom stereocenters. The molecule has 106 valence electrons. The van der Waals surface area contributed by atoms with Gasteiger partial charge >= 0.3 is 0 Å². The van der Waals surface area contributed by atoms with Gasteiger partial charge in [0.15, 0.2) is 0 Å². The highest BCUT2D eigenvalue weighted by atomic mass is 32.7. The van der Waals surface area contributed by atoms with Gasteiger partial charge < -0.3 is 12.2 Å². The predicted molar refractivity (Wildman–Crippen MR) is 95.9 cm³/mol. The molecule has 0 saturated heterocycles. The van der Waals surface area contributed by atoms with Gasteiger partial charge in [-0.05, 0) is 43.4 Å². The van der Waals surface area contributed by atoms with Crippen LogP contribution in [0, 0.1) is 5.92 Å². The quantitative estimate of drug-likeness (QED) is 0.554. The van der Waals surface area contributed by atoms with Crippen LogP contribution in [-0.2, 0) is 12.2 Å². The first kappa shape index (κ1) is 13.6. The number of fused-ring (bicyclic) bond motifs is 1. The van der Waals surface area contributed by atoms with E-state index in [1.807, 2.05) is 0 Å². The third-order valence-corrected chi connectivity index (χ3v) is 9.84. The lowest BCUT2D eigenvalue weighted by Crippen LogP contribution is -2.12. The van der Waals surface area contributed by atoms with E-state index in [0.717, 1.165) is 5.92 Å². The van der Waals surface area contributed by atoms with Crippen LogP contribution in [0.15, 0.2) is 66.2 Å². The monoisotopic (exact) mass is 310 g/mol. The highest BCUT2D eigenvalue weighted by Gasteiger charge is 2.46. The van der Waals surface area contributed by atoms with Gasteiger partial charge in [0.2, 0.25) is 0 Å². The Morgan fingerprint density at radius 3 is 2.29 bits per heavy atom. The lowest BCUT2D eigenvalue weighted by Gasteiger charge is -2.32. The van der Waals surface area contributed by atoms with E-state index in [2.05, 4.69) is 60.7 Å². The Morgan fingerprint density at radius 2 is 1.57 bits per heavy atom. The van der Waals surface area contributed by atoms with Crippen LogP contribution in [0.25, 0.3) is 5.31 Å². The van der Waals surface area contributed by atoms with Crippen LogP contribution in [0.5, 0.6) is 0 Å². The zero-order valence-corrected chi connectivity index (χ0v) is 13.7. The van der Waals surface area contributed by atoms with Crippen LogP contribution in [0.1, 0.15) is 24.8 Å². The standard InChI is InChI=1S/C19H19PS/c21-20(17-11-5-2-6-12-17)14-16-10-7-13-18(16)19(20)15-8-3-1-4-9-15/h1-6,8-9,11-12,16H,7,10,13-14H2. The molecule has 0 amide bonds. The molecule has 0 spiro atoms. The molecule has 1 aliphatic heterocycles. The fraction of sp³-hybridized carbons (Fsp3) is 0.263. The fourth-order valence-electron chi connectivity index (χ4n) is 3.96. The Labute approximate surface area is 132 Å². The number of hydrogen-bond acceptors (Lipinski definition) is 1. The van der Waals surface area contributed by atoms with Crippen molar-refractivity contribution in [3.8, 4) is 0 Å². The average molecular weight is 310 g/mol. The van der Waals surface area contributed by atoms with Gasteiger partial charge in [0, 0.05) is 11.5 Å². The molecule has 1 heterocycles. The minimum absolute atomic E-state index is 0.756. The van der Waals surface area contributed by atoms with Crippen molar-refractivity contribution in [2.75, 3.05) is 6.16 Å².